The Kier molecular flexibility index (Phi) is 4.81. The van der Waals surface area contributed by atoms with Crippen LogP contribution >= 0.6 is 0 Å². The number of hydrogen-bond acceptors (Lipinski definition) is 5. The predicted octanol–water partition coefficient (Wildman–Crippen LogP) is 3.32. The Bertz CT molecular complexity index is 773. The molecule has 0 aromatic heterocycles. The minimum Gasteiger partial charge on any atom is -0.378 e. The van der Waals surface area contributed by atoms with Crippen molar-refractivity contribution in [3.05, 3.63) is 64.0 Å². The van der Waals surface area contributed by atoms with E-state index in [2.05, 4.69) is 4.99 Å². The first kappa shape index (κ1) is 16.1. The molecule has 0 N–H and O–H groups in total. The predicted molar refractivity (Wildman–Crippen MR) is 89.8 cm³/mol. The second-order valence-corrected chi connectivity index (χ2v) is 5.35. The zero-order valence-electron chi connectivity index (χ0n) is 12.9. The first-order valence-corrected chi connectivity index (χ1v) is 7.54. The van der Waals surface area contributed by atoms with Gasteiger partial charge >= 0.3 is 0 Å². The maximum absolute atomic E-state index is 14.3. The maximum Gasteiger partial charge on any atom is 0.270 e. The number of non-ortho nitro benzene ring substituents is 1. The van der Waals surface area contributed by atoms with E-state index in [1.807, 2.05) is 4.90 Å². The number of morpholine rings is 1. The Labute approximate surface area is 138 Å². The minimum absolute atomic E-state index is 0.00667. The molecule has 0 amide bonds. The zero-order chi connectivity index (χ0) is 16.9. The van der Waals surface area contributed by atoms with Crippen molar-refractivity contribution >= 4 is 23.3 Å². The van der Waals surface area contributed by atoms with Crippen molar-refractivity contribution in [3.8, 4) is 0 Å². The van der Waals surface area contributed by atoms with Gasteiger partial charge in [0.25, 0.3) is 5.69 Å². The number of nitro groups is 1. The molecular weight excluding hydrogens is 313 g/mol. The number of anilines is 1. The van der Waals surface area contributed by atoms with Crippen molar-refractivity contribution in [1.82, 2.24) is 0 Å². The minimum atomic E-state index is -0.464. The summed E-state index contributed by atoms with van der Waals surface area (Å²) in [6, 6.07) is 10.9. The van der Waals surface area contributed by atoms with Gasteiger partial charge in [-0.1, -0.05) is 12.1 Å². The van der Waals surface area contributed by atoms with Crippen molar-refractivity contribution in [2.75, 3.05) is 31.2 Å². The molecule has 1 aliphatic rings. The number of rotatable bonds is 4. The average molecular weight is 329 g/mol. The first-order valence-electron chi connectivity index (χ1n) is 7.54. The summed E-state index contributed by atoms with van der Waals surface area (Å²) in [6.45, 7) is 2.50. The second kappa shape index (κ2) is 7.18. The topological polar surface area (TPSA) is 68.0 Å². The van der Waals surface area contributed by atoms with Crippen molar-refractivity contribution in [2.45, 2.75) is 0 Å². The molecule has 124 valence electrons. The van der Waals surface area contributed by atoms with Gasteiger partial charge in [-0.3, -0.25) is 15.1 Å². The molecule has 6 nitrogen and oxygen atoms in total. The molecule has 3 rings (SSSR count). The van der Waals surface area contributed by atoms with E-state index in [-0.39, 0.29) is 11.5 Å². The Hall–Kier alpha value is -2.80. The molecule has 0 aliphatic carbocycles. The number of hydrogen-bond donors (Lipinski definition) is 0. The van der Waals surface area contributed by atoms with E-state index in [0.717, 1.165) is 0 Å². The highest BCUT2D eigenvalue weighted by Gasteiger charge is 2.15. The number of nitrogens with zero attached hydrogens (tertiary/aromatic N) is 3. The molecule has 1 fully saturated rings. The van der Waals surface area contributed by atoms with Gasteiger partial charge in [-0.2, -0.15) is 0 Å². The van der Waals surface area contributed by atoms with E-state index in [0.29, 0.717) is 43.2 Å². The molecule has 0 atom stereocenters. The molecule has 0 saturated carbocycles. The summed E-state index contributed by atoms with van der Waals surface area (Å²) >= 11 is 0. The Morgan fingerprint density at radius 1 is 1.21 bits per heavy atom. The quantitative estimate of drug-likeness (QED) is 0.490. The number of benzene rings is 2. The van der Waals surface area contributed by atoms with E-state index in [1.165, 1.54) is 24.4 Å². The molecule has 0 spiro atoms. The molecule has 0 bridgehead atoms. The van der Waals surface area contributed by atoms with Crippen LogP contribution in [0.5, 0.6) is 0 Å². The number of ether oxygens (including phenoxy) is 1. The van der Waals surface area contributed by atoms with Crippen LogP contribution in [-0.4, -0.2) is 37.4 Å². The Morgan fingerprint density at radius 2 is 2.00 bits per heavy atom. The largest absolute Gasteiger partial charge is 0.378 e. The van der Waals surface area contributed by atoms with Crippen LogP contribution in [0.15, 0.2) is 47.5 Å². The SMILES string of the molecule is O=[N+]([O-])c1cccc(C=Nc2ccc(N3CCOCC3)c(F)c2)c1. The smallest absolute Gasteiger partial charge is 0.270 e. The van der Waals surface area contributed by atoms with E-state index >= 15 is 0 Å². The molecule has 0 unspecified atom stereocenters. The first-order chi connectivity index (χ1) is 11.6. The molecule has 2 aromatic rings. The summed E-state index contributed by atoms with van der Waals surface area (Å²) in [6.07, 6.45) is 1.48. The molecule has 2 aromatic carbocycles. The van der Waals surface area contributed by atoms with E-state index in [4.69, 9.17) is 4.74 Å². The maximum atomic E-state index is 14.3. The second-order valence-electron chi connectivity index (χ2n) is 5.35. The summed E-state index contributed by atoms with van der Waals surface area (Å²) in [4.78, 5) is 16.4. The van der Waals surface area contributed by atoms with Gasteiger partial charge in [0.1, 0.15) is 5.82 Å². The number of nitro benzene ring substituents is 1. The van der Waals surface area contributed by atoms with Crippen LogP contribution in [-0.2, 0) is 4.74 Å². The third-order valence-corrected chi connectivity index (χ3v) is 3.73. The van der Waals surface area contributed by atoms with Crippen LogP contribution in [0.3, 0.4) is 0 Å². The van der Waals surface area contributed by atoms with Crippen molar-refractivity contribution in [1.29, 1.82) is 0 Å². The highest BCUT2D eigenvalue weighted by atomic mass is 19.1. The lowest BCUT2D eigenvalue weighted by Crippen LogP contribution is -2.36. The molecule has 1 aliphatic heterocycles. The van der Waals surface area contributed by atoms with Gasteiger partial charge in [-0.15, -0.1) is 0 Å². The number of aliphatic imine (C=N–C) groups is 1. The van der Waals surface area contributed by atoms with E-state index < -0.39 is 4.92 Å². The van der Waals surface area contributed by atoms with Crippen molar-refractivity contribution < 1.29 is 14.1 Å². The fraction of sp³-hybridized carbons (Fsp3) is 0.235. The normalized spacial score (nSPS) is 15.0. The number of halogens is 1. The lowest BCUT2D eigenvalue weighted by atomic mass is 10.2. The van der Waals surface area contributed by atoms with Crippen LogP contribution in [0.2, 0.25) is 0 Å². The molecule has 1 saturated heterocycles. The van der Waals surface area contributed by atoms with Crippen LogP contribution in [0.1, 0.15) is 5.56 Å². The summed E-state index contributed by atoms with van der Waals surface area (Å²) in [5.41, 5.74) is 1.57. The van der Waals surface area contributed by atoms with E-state index in [1.54, 1.807) is 24.3 Å². The Balaban J connectivity index is 1.77. The van der Waals surface area contributed by atoms with Gasteiger partial charge in [-0.05, 0) is 17.7 Å². The lowest BCUT2D eigenvalue weighted by Gasteiger charge is -2.29. The van der Waals surface area contributed by atoms with Crippen LogP contribution in [0.4, 0.5) is 21.5 Å². The van der Waals surface area contributed by atoms with Gasteiger partial charge < -0.3 is 9.64 Å². The summed E-state index contributed by atoms with van der Waals surface area (Å²) in [5, 5.41) is 10.8. The molecule has 1 heterocycles. The standard InChI is InChI=1S/C17H16FN3O3/c18-16-11-14(4-5-17(16)20-6-8-24-9-7-20)19-12-13-2-1-3-15(10-13)21(22)23/h1-5,10-12H,6-9H2. The highest BCUT2D eigenvalue weighted by molar-refractivity contribution is 5.83. The van der Waals surface area contributed by atoms with Gasteiger partial charge in [0, 0.05) is 37.5 Å². The monoisotopic (exact) mass is 329 g/mol. The Morgan fingerprint density at radius 3 is 2.71 bits per heavy atom. The summed E-state index contributed by atoms with van der Waals surface area (Å²) < 4.78 is 19.5. The van der Waals surface area contributed by atoms with Crippen LogP contribution < -0.4 is 4.90 Å². The third-order valence-electron chi connectivity index (χ3n) is 3.73. The third kappa shape index (κ3) is 3.75. The molecule has 24 heavy (non-hydrogen) atoms. The zero-order valence-corrected chi connectivity index (χ0v) is 12.9. The highest BCUT2D eigenvalue weighted by Crippen LogP contribution is 2.25. The van der Waals surface area contributed by atoms with Gasteiger partial charge in [0.15, 0.2) is 0 Å². The fourth-order valence-corrected chi connectivity index (χ4v) is 2.50. The van der Waals surface area contributed by atoms with Crippen LogP contribution in [0, 0.1) is 15.9 Å². The van der Waals surface area contributed by atoms with E-state index in [9.17, 15) is 14.5 Å². The summed E-state index contributed by atoms with van der Waals surface area (Å²) in [5.74, 6) is -0.342. The van der Waals surface area contributed by atoms with Gasteiger partial charge in [0.2, 0.25) is 0 Å². The van der Waals surface area contributed by atoms with Crippen molar-refractivity contribution in [3.63, 3.8) is 0 Å². The molecular formula is C17H16FN3O3. The van der Waals surface area contributed by atoms with Gasteiger partial charge in [-0.25, -0.2) is 4.39 Å². The van der Waals surface area contributed by atoms with Crippen LogP contribution in [0.25, 0.3) is 0 Å². The van der Waals surface area contributed by atoms with Gasteiger partial charge in [0.05, 0.1) is 29.5 Å². The molecule has 7 heteroatoms. The van der Waals surface area contributed by atoms with Crippen molar-refractivity contribution in [2.24, 2.45) is 4.99 Å². The summed E-state index contributed by atoms with van der Waals surface area (Å²) in [7, 11) is 0. The molecule has 0 radical (unpaired) electrons. The average Bonchev–Trinajstić information content (AvgIpc) is 2.61. The lowest BCUT2D eigenvalue weighted by molar-refractivity contribution is -0.384. The fourth-order valence-electron chi connectivity index (χ4n) is 2.50.